The van der Waals surface area contributed by atoms with Gasteiger partial charge in [0, 0.05) is 11.5 Å². The van der Waals surface area contributed by atoms with Crippen LogP contribution >= 0.6 is 0 Å². The van der Waals surface area contributed by atoms with Crippen molar-refractivity contribution in [1.29, 1.82) is 5.26 Å². The van der Waals surface area contributed by atoms with Gasteiger partial charge in [0.25, 0.3) is 0 Å². The molecule has 0 spiro atoms. The maximum Gasteiger partial charge on any atom is 0.244 e. The van der Waals surface area contributed by atoms with Crippen molar-refractivity contribution in [3.05, 3.63) is 108 Å². The van der Waals surface area contributed by atoms with E-state index >= 15 is 0 Å². The normalized spacial score (nSPS) is 15.0. The number of nitriles is 1. The summed E-state index contributed by atoms with van der Waals surface area (Å²) in [7, 11) is 0. The van der Waals surface area contributed by atoms with Crippen molar-refractivity contribution in [2.24, 2.45) is 5.73 Å². The summed E-state index contributed by atoms with van der Waals surface area (Å²) in [6.07, 6.45) is 1.56. The number of benzene rings is 3. The molecule has 5 nitrogen and oxygen atoms in total. The second kappa shape index (κ2) is 8.44. The van der Waals surface area contributed by atoms with Crippen LogP contribution in [0.2, 0.25) is 0 Å². The highest BCUT2D eigenvalue weighted by Gasteiger charge is 2.34. The van der Waals surface area contributed by atoms with Crippen LogP contribution in [0.3, 0.4) is 0 Å². The number of ether oxygens (including phenoxy) is 1. The predicted molar refractivity (Wildman–Crippen MR) is 124 cm³/mol. The molecule has 4 aromatic rings. The van der Waals surface area contributed by atoms with Crippen molar-refractivity contribution in [2.75, 3.05) is 0 Å². The minimum absolute atomic E-state index is 0.135. The van der Waals surface area contributed by atoms with Gasteiger partial charge in [0.15, 0.2) is 0 Å². The smallest absolute Gasteiger partial charge is 0.244 e. The first kappa shape index (κ1) is 19.7. The molecule has 5 rings (SSSR count). The van der Waals surface area contributed by atoms with Gasteiger partial charge in [-0.1, -0.05) is 84.9 Å². The molecule has 156 valence electrons. The van der Waals surface area contributed by atoms with E-state index in [4.69, 9.17) is 10.5 Å². The Morgan fingerprint density at radius 1 is 0.875 bits per heavy atom. The van der Waals surface area contributed by atoms with Gasteiger partial charge in [0.1, 0.15) is 6.07 Å². The summed E-state index contributed by atoms with van der Waals surface area (Å²) in [5, 5.41) is 17.3. The Morgan fingerprint density at radius 3 is 2.19 bits per heavy atom. The van der Waals surface area contributed by atoms with Crippen LogP contribution in [-0.4, -0.2) is 10.2 Å². The molecule has 1 atom stereocenters. The first-order valence-corrected chi connectivity index (χ1v) is 10.6. The van der Waals surface area contributed by atoms with Gasteiger partial charge >= 0.3 is 0 Å². The number of nitrogens with two attached hydrogens (primary N) is 1. The van der Waals surface area contributed by atoms with Gasteiger partial charge in [-0.3, -0.25) is 5.10 Å². The quantitative estimate of drug-likeness (QED) is 0.445. The zero-order chi connectivity index (χ0) is 21.9. The molecule has 3 N–H and O–H groups in total. The summed E-state index contributed by atoms with van der Waals surface area (Å²) < 4.78 is 5.71. The van der Waals surface area contributed by atoms with Crippen molar-refractivity contribution < 1.29 is 4.74 Å². The predicted octanol–water partition coefficient (Wildman–Crippen LogP) is 5.55. The second-order valence-electron chi connectivity index (χ2n) is 7.83. The number of nitrogens with one attached hydrogen (secondary N) is 1. The number of H-pyrrole nitrogens is 1. The van der Waals surface area contributed by atoms with E-state index in [9.17, 15) is 5.26 Å². The van der Waals surface area contributed by atoms with Crippen LogP contribution < -0.4 is 10.5 Å². The molecule has 0 radical (unpaired) electrons. The maximum absolute atomic E-state index is 9.82. The lowest BCUT2D eigenvalue weighted by atomic mass is 9.84. The average molecular weight is 419 g/mol. The standard InChI is InChI=1S/C27H22N4O/c28-17-23-22(16-11-18-7-3-1-4-8-18)24-25(30-31-27(24)32-26(23)29)21-14-12-20(13-15-21)19-9-5-2-6-10-19/h1-10,12-15,22H,11,16,29H2,(H,30,31)/t22-/m1/s1. The van der Waals surface area contributed by atoms with Crippen molar-refractivity contribution >= 4 is 0 Å². The molecule has 0 bridgehead atoms. The molecule has 5 heteroatoms. The molecule has 0 aliphatic carbocycles. The molecule has 0 amide bonds. The first-order chi connectivity index (χ1) is 15.7. The third-order valence-corrected chi connectivity index (χ3v) is 5.90. The molecular formula is C27H22N4O. The van der Waals surface area contributed by atoms with Gasteiger partial charge in [-0.05, 0) is 29.5 Å². The van der Waals surface area contributed by atoms with Gasteiger partial charge in [-0.25, -0.2) is 0 Å². The molecule has 2 heterocycles. The number of rotatable bonds is 5. The zero-order valence-electron chi connectivity index (χ0n) is 17.5. The van der Waals surface area contributed by atoms with E-state index in [0.717, 1.165) is 40.8 Å². The molecule has 3 aromatic carbocycles. The minimum atomic E-state index is -0.188. The number of allylic oxidation sites excluding steroid dienone is 1. The molecule has 1 aliphatic rings. The topological polar surface area (TPSA) is 87.7 Å². The average Bonchev–Trinajstić information content (AvgIpc) is 3.27. The van der Waals surface area contributed by atoms with Crippen LogP contribution in [-0.2, 0) is 6.42 Å². The van der Waals surface area contributed by atoms with Crippen LogP contribution in [0.15, 0.2) is 96.4 Å². The summed E-state index contributed by atoms with van der Waals surface area (Å²) in [6, 6.07) is 31.1. The number of aromatic amines is 1. The van der Waals surface area contributed by atoms with Gasteiger partial charge in [0.05, 0.1) is 16.8 Å². The second-order valence-corrected chi connectivity index (χ2v) is 7.83. The van der Waals surface area contributed by atoms with E-state index in [1.165, 1.54) is 5.56 Å². The van der Waals surface area contributed by atoms with E-state index in [1.807, 2.05) is 36.4 Å². The van der Waals surface area contributed by atoms with Crippen molar-refractivity contribution in [3.63, 3.8) is 0 Å². The Morgan fingerprint density at radius 2 is 1.50 bits per heavy atom. The lowest BCUT2D eigenvalue weighted by Crippen LogP contribution is -2.20. The SMILES string of the molecule is N#CC1=C(N)Oc2n[nH]c(-c3ccc(-c4ccccc4)cc3)c2[C@@H]1CCc1ccccc1. The fourth-order valence-electron chi connectivity index (χ4n) is 4.27. The van der Waals surface area contributed by atoms with Crippen LogP contribution in [0.1, 0.15) is 23.5 Å². The molecule has 0 saturated carbocycles. The first-order valence-electron chi connectivity index (χ1n) is 10.6. The molecule has 0 saturated heterocycles. The molecular weight excluding hydrogens is 396 g/mol. The van der Waals surface area contributed by atoms with Gasteiger partial charge < -0.3 is 10.5 Å². The fraction of sp³-hybridized carbons (Fsp3) is 0.111. The highest BCUT2D eigenvalue weighted by molar-refractivity contribution is 5.72. The summed E-state index contributed by atoms with van der Waals surface area (Å²) in [4.78, 5) is 0. The largest absolute Gasteiger partial charge is 0.420 e. The summed E-state index contributed by atoms with van der Waals surface area (Å²) in [5.41, 5.74) is 12.8. The molecule has 0 unspecified atom stereocenters. The summed E-state index contributed by atoms with van der Waals surface area (Å²) in [6.45, 7) is 0. The van der Waals surface area contributed by atoms with E-state index < -0.39 is 0 Å². The van der Waals surface area contributed by atoms with Crippen molar-refractivity contribution in [2.45, 2.75) is 18.8 Å². The van der Waals surface area contributed by atoms with E-state index in [-0.39, 0.29) is 11.8 Å². The number of hydrogen-bond donors (Lipinski definition) is 2. The highest BCUT2D eigenvalue weighted by atomic mass is 16.5. The fourth-order valence-corrected chi connectivity index (χ4v) is 4.27. The van der Waals surface area contributed by atoms with E-state index in [1.54, 1.807) is 0 Å². The number of nitrogens with zero attached hydrogens (tertiary/aromatic N) is 2. The molecule has 0 fully saturated rings. The molecule has 1 aliphatic heterocycles. The van der Waals surface area contributed by atoms with Gasteiger partial charge in [-0.15, -0.1) is 5.10 Å². The third kappa shape index (κ3) is 3.63. The summed E-state index contributed by atoms with van der Waals surface area (Å²) >= 11 is 0. The van der Waals surface area contributed by atoms with E-state index in [0.29, 0.717) is 11.5 Å². The van der Waals surface area contributed by atoms with Crippen LogP contribution in [0.25, 0.3) is 22.4 Å². The lowest BCUT2D eigenvalue weighted by Gasteiger charge is -2.23. The van der Waals surface area contributed by atoms with Crippen molar-refractivity contribution in [3.8, 4) is 34.3 Å². The van der Waals surface area contributed by atoms with Gasteiger partial charge in [0.2, 0.25) is 11.8 Å². The summed E-state index contributed by atoms with van der Waals surface area (Å²) in [5.74, 6) is 0.392. The molecule has 32 heavy (non-hydrogen) atoms. The Kier molecular flexibility index (Phi) is 5.19. The van der Waals surface area contributed by atoms with E-state index in [2.05, 4.69) is 64.8 Å². The Bertz CT molecular complexity index is 1300. The van der Waals surface area contributed by atoms with Crippen molar-refractivity contribution in [1.82, 2.24) is 10.2 Å². The number of hydrogen-bond acceptors (Lipinski definition) is 4. The third-order valence-electron chi connectivity index (χ3n) is 5.90. The Labute approximate surface area is 186 Å². The monoisotopic (exact) mass is 418 g/mol. The zero-order valence-corrected chi connectivity index (χ0v) is 17.5. The Hall–Kier alpha value is -4.30. The highest BCUT2D eigenvalue weighted by Crippen LogP contribution is 2.44. The maximum atomic E-state index is 9.82. The minimum Gasteiger partial charge on any atom is -0.420 e. The van der Waals surface area contributed by atoms with Crippen LogP contribution in [0.5, 0.6) is 5.88 Å². The number of fused-ring (bicyclic) bond motifs is 1. The lowest BCUT2D eigenvalue weighted by molar-refractivity contribution is 0.371. The van der Waals surface area contributed by atoms with Crippen LogP contribution in [0, 0.1) is 11.3 Å². The number of aryl methyl sites for hydroxylation is 1. The van der Waals surface area contributed by atoms with Crippen LogP contribution in [0.4, 0.5) is 0 Å². The molecule has 1 aromatic heterocycles. The van der Waals surface area contributed by atoms with Gasteiger partial charge in [-0.2, -0.15) is 5.26 Å². The number of aromatic nitrogens is 2. The Balaban J connectivity index is 1.50.